The molecule has 1 aliphatic carbocycles. The van der Waals surface area contributed by atoms with Crippen LogP contribution in [0.1, 0.15) is 46.1 Å². The van der Waals surface area contributed by atoms with E-state index in [9.17, 15) is 9.59 Å². The number of anilines is 2. The van der Waals surface area contributed by atoms with E-state index in [4.69, 9.17) is 0 Å². The summed E-state index contributed by atoms with van der Waals surface area (Å²) in [5, 5.41) is 5.96. The molecule has 6 heteroatoms. The minimum atomic E-state index is -0.0767. The van der Waals surface area contributed by atoms with Crippen molar-refractivity contribution < 1.29 is 9.59 Å². The van der Waals surface area contributed by atoms with Crippen LogP contribution in [0, 0.1) is 5.92 Å². The summed E-state index contributed by atoms with van der Waals surface area (Å²) < 4.78 is 0. The Morgan fingerprint density at radius 3 is 2.31 bits per heavy atom. The maximum atomic E-state index is 12.6. The number of carbonyl (C=O) groups excluding carboxylic acids is 2. The average Bonchev–Trinajstić information content (AvgIpc) is 3.36. The highest BCUT2D eigenvalue weighted by molar-refractivity contribution is 5.94. The number of amides is 3. The largest absolute Gasteiger partial charge is 0.377 e. The molecule has 0 unspecified atom stereocenters. The SMILES string of the molecule is CC(C)NC(=O)N(Cc1cc(NC(=O)C2CC2)ccc1N(C)C)C(C)C. The summed E-state index contributed by atoms with van der Waals surface area (Å²) in [5.74, 6) is 0.253. The first-order chi connectivity index (χ1) is 12.2. The Labute approximate surface area is 156 Å². The van der Waals surface area contributed by atoms with Crippen molar-refractivity contribution in [1.82, 2.24) is 10.2 Å². The molecule has 0 spiro atoms. The van der Waals surface area contributed by atoms with Crippen molar-refractivity contribution in [3.8, 4) is 0 Å². The molecule has 0 radical (unpaired) electrons. The lowest BCUT2D eigenvalue weighted by Gasteiger charge is -2.30. The number of urea groups is 1. The standard InChI is InChI=1S/C20H32N4O2/c1-13(2)21-20(26)24(14(3)4)12-16-11-17(9-10-18(16)23(5)6)22-19(25)15-7-8-15/h9-11,13-15H,7-8,12H2,1-6H3,(H,21,26)(H,22,25). The third kappa shape index (κ3) is 5.38. The van der Waals surface area contributed by atoms with Crippen LogP contribution in [0.2, 0.25) is 0 Å². The van der Waals surface area contributed by atoms with Gasteiger partial charge in [0, 0.05) is 50.0 Å². The van der Waals surface area contributed by atoms with Crippen LogP contribution in [0.5, 0.6) is 0 Å². The molecule has 1 fully saturated rings. The van der Waals surface area contributed by atoms with Crippen LogP contribution in [0.3, 0.4) is 0 Å². The van der Waals surface area contributed by atoms with Gasteiger partial charge in [-0.05, 0) is 64.3 Å². The second-order valence-electron chi connectivity index (χ2n) is 7.83. The van der Waals surface area contributed by atoms with Crippen molar-refractivity contribution in [2.75, 3.05) is 24.3 Å². The van der Waals surface area contributed by atoms with Crippen LogP contribution in [0.4, 0.5) is 16.2 Å². The summed E-state index contributed by atoms with van der Waals surface area (Å²) in [5.41, 5.74) is 2.84. The molecule has 0 heterocycles. The predicted molar refractivity (Wildman–Crippen MR) is 106 cm³/mol. The van der Waals surface area contributed by atoms with Crippen molar-refractivity contribution in [2.24, 2.45) is 5.92 Å². The minimum Gasteiger partial charge on any atom is -0.377 e. The van der Waals surface area contributed by atoms with Crippen molar-refractivity contribution in [2.45, 2.75) is 59.2 Å². The predicted octanol–water partition coefficient (Wildman–Crippen LogP) is 3.43. The molecule has 3 amide bonds. The molecular weight excluding hydrogens is 328 g/mol. The number of hydrogen-bond acceptors (Lipinski definition) is 3. The van der Waals surface area contributed by atoms with Gasteiger partial charge in [-0.2, -0.15) is 0 Å². The molecule has 1 aromatic rings. The van der Waals surface area contributed by atoms with Gasteiger partial charge in [-0.3, -0.25) is 4.79 Å². The second kappa shape index (κ2) is 8.43. The highest BCUT2D eigenvalue weighted by Gasteiger charge is 2.29. The monoisotopic (exact) mass is 360 g/mol. The van der Waals surface area contributed by atoms with Gasteiger partial charge in [0.05, 0.1) is 0 Å². The molecule has 1 aliphatic rings. The maximum absolute atomic E-state index is 12.6. The number of carbonyl (C=O) groups is 2. The quantitative estimate of drug-likeness (QED) is 0.783. The van der Waals surface area contributed by atoms with E-state index in [0.29, 0.717) is 6.54 Å². The van der Waals surface area contributed by atoms with Crippen LogP contribution in [-0.4, -0.2) is 43.0 Å². The topological polar surface area (TPSA) is 64.7 Å². The molecule has 1 aromatic carbocycles. The first kappa shape index (κ1) is 20.1. The van der Waals surface area contributed by atoms with Crippen LogP contribution in [0.15, 0.2) is 18.2 Å². The second-order valence-corrected chi connectivity index (χ2v) is 7.83. The van der Waals surface area contributed by atoms with Gasteiger partial charge in [-0.1, -0.05) is 0 Å². The Morgan fingerprint density at radius 2 is 1.81 bits per heavy atom. The van der Waals surface area contributed by atoms with E-state index in [2.05, 4.69) is 10.6 Å². The molecule has 2 rings (SSSR count). The number of benzene rings is 1. The maximum Gasteiger partial charge on any atom is 0.318 e. The summed E-state index contributed by atoms with van der Waals surface area (Å²) in [7, 11) is 3.96. The van der Waals surface area contributed by atoms with Crippen molar-refractivity contribution in [1.29, 1.82) is 0 Å². The lowest BCUT2D eigenvalue weighted by Crippen LogP contribution is -2.45. The Hall–Kier alpha value is -2.24. The zero-order valence-corrected chi connectivity index (χ0v) is 16.8. The first-order valence-electron chi connectivity index (χ1n) is 9.37. The minimum absolute atomic E-state index is 0.0634. The molecular formula is C20H32N4O2. The first-order valence-corrected chi connectivity index (χ1v) is 9.37. The van der Waals surface area contributed by atoms with Gasteiger partial charge in [-0.25, -0.2) is 4.79 Å². The molecule has 6 nitrogen and oxygen atoms in total. The summed E-state index contributed by atoms with van der Waals surface area (Å²) in [6.07, 6.45) is 1.95. The Bertz CT molecular complexity index is 651. The van der Waals surface area contributed by atoms with E-state index in [0.717, 1.165) is 29.8 Å². The van der Waals surface area contributed by atoms with E-state index < -0.39 is 0 Å². The fourth-order valence-corrected chi connectivity index (χ4v) is 2.82. The van der Waals surface area contributed by atoms with Crippen LogP contribution in [-0.2, 0) is 11.3 Å². The van der Waals surface area contributed by atoms with E-state index >= 15 is 0 Å². The highest BCUT2D eigenvalue weighted by Crippen LogP contribution is 2.31. The fraction of sp³-hybridized carbons (Fsp3) is 0.600. The van der Waals surface area contributed by atoms with E-state index in [1.54, 1.807) is 0 Å². The Balaban J connectivity index is 2.24. The molecule has 0 atom stereocenters. The summed E-state index contributed by atoms with van der Waals surface area (Å²) in [4.78, 5) is 28.5. The van der Waals surface area contributed by atoms with Gasteiger partial charge in [0.1, 0.15) is 0 Å². The number of rotatable bonds is 7. The molecule has 0 aliphatic heterocycles. The summed E-state index contributed by atoms with van der Waals surface area (Å²) in [6, 6.07) is 5.97. The van der Waals surface area contributed by atoms with Crippen LogP contribution < -0.4 is 15.5 Å². The molecule has 26 heavy (non-hydrogen) atoms. The van der Waals surface area contributed by atoms with Gasteiger partial charge < -0.3 is 20.4 Å². The summed E-state index contributed by atoms with van der Waals surface area (Å²) in [6.45, 7) is 8.41. The Kier molecular flexibility index (Phi) is 6.51. The number of nitrogens with zero attached hydrogens (tertiary/aromatic N) is 2. The van der Waals surface area contributed by atoms with Gasteiger partial charge >= 0.3 is 6.03 Å². The lowest BCUT2D eigenvalue weighted by atomic mass is 10.1. The van der Waals surface area contributed by atoms with Crippen molar-refractivity contribution in [3.05, 3.63) is 23.8 Å². The van der Waals surface area contributed by atoms with Gasteiger partial charge in [0.15, 0.2) is 0 Å². The smallest absolute Gasteiger partial charge is 0.318 e. The fourth-order valence-electron chi connectivity index (χ4n) is 2.82. The molecule has 1 saturated carbocycles. The van der Waals surface area contributed by atoms with Crippen LogP contribution in [0.25, 0.3) is 0 Å². The molecule has 0 saturated heterocycles. The van der Waals surface area contributed by atoms with Crippen molar-refractivity contribution in [3.63, 3.8) is 0 Å². The zero-order chi connectivity index (χ0) is 19.4. The molecule has 0 bridgehead atoms. The highest BCUT2D eigenvalue weighted by atomic mass is 16.2. The van der Waals surface area contributed by atoms with Gasteiger partial charge in [0.25, 0.3) is 0 Å². The van der Waals surface area contributed by atoms with E-state index in [1.165, 1.54) is 0 Å². The molecule has 144 valence electrons. The van der Waals surface area contributed by atoms with Crippen LogP contribution >= 0.6 is 0 Å². The zero-order valence-electron chi connectivity index (χ0n) is 16.8. The van der Waals surface area contributed by atoms with Gasteiger partial charge in [-0.15, -0.1) is 0 Å². The number of hydrogen-bond donors (Lipinski definition) is 2. The molecule has 2 N–H and O–H groups in total. The average molecular weight is 361 g/mol. The van der Waals surface area contributed by atoms with E-state index in [1.807, 2.05) is 69.8 Å². The Morgan fingerprint density at radius 1 is 1.15 bits per heavy atom. The number of nitrogens with one attached hydrogen (secondary N) is 2. The molecule has 0 aromatic heterocycles. The third-order valence-corrected chi connectivity index (χ3v) is 4.41. The third-order valence-electron chi connectivity index (χ3n) is 4.41. The van der Waals surface area contributed by atoms with E-state index in [-0.39, 0.29) is 29.9 Å². The lowest BCUT2D eigenvalue weighted by molar-refractivity contribution is -0.117. The van der Waals surface area contributed by atoms with Crippen molar-refractivity contribution >= 4 is 23.3 Å². The normalized spacial score (nSPS) is 13.7. The summed E-state index contributed by atoms with van der Waals surface area (Å²) >= 11 is 0. The van der Waals surface area contributed by atoms with Gasteiger partial charge in [0.2, 0.25) is 5.91 Å².